The van der Waals surface area contributed by atoms with E-state index in [1.807, 2.05) is 0 Å². The molecule has 0 aliphatic heterocycles. The van der Waals surface area contributed by atoms with Gasteiger partial charge in [-0.25, -0.2) is 0 Å². The van der Waals surface area contributed by atoms with Gasteiger partial charge in [0.2, 0.25) is 0 Å². The Labute approximate surface area is 123 Å². The Hall–Kier alpha value is -1.76. The zero-order chi connectivity index (χ0) is 14.7. The van der Waals surface area contributed by atoms with Crippen LogP contribution in [0.2, 0.25) is 0 Å². The van der Waals surface area contributed by atoms with Crippen LogP contribution in [-0.2, 0) is 0 Å². The lowest BCUT2D eigenvalue weighted by atomic mass is 9.97. The Balaban J connectivity index is 2.28. The largest absolute Gasteiger partial charge is 0.378 e. The molecule has 2 aromatic carbocycles. The quantitative estimate of drug-likeness (QED) is 0.760. The molecule has 1 nitrogen and oxygen atoms in total. The summed E-state index contributed by atoms with van der Waals surface area (Å²) in [6.07, 6.45) is 0. The van der Waals surface area contributed by atoms with Gasteiger partial charge in [-0.1, -0.05) is 55.8 Å². The topological polar surface area (TPSA) is 12.0 Å². The fraction of sp³-hybridized carbons (Fsp3) is 0.368. The SMILES string of the molecule is Cc1ccc(C)c(C(C)Nc2ccccc2C(C)C)c1. The van der Waals surface area contributed by atoms with E-state index in [2.05, 4.69) is 82.4 Å². The van der Waals surface area contributed by atoms with Gasteiger partial charge in [0.05, 0.1) is 0 Å². The Morgan fingerprint density at radius 3 is 2.25 bits per heavy atom. The fourth-order valence-corrected chi connectivity index (χ4v) is 2.67. The molecule has 0 bridgehead atoms. The molecule has 0 aliphatic rings. The number of anilines is 1. The van der Waals surface area contributed by atoms with Gasteiger partial charge in [-0.05, 0) is 49.4 Å². The van der Waals surface area contributed by atoms with Crippen molar-refractivity contribution in [2.45, 2.75) is 46.6 Å². The summed E-state index contributed by atoms with van der Waals surface area (Å²) in [5.74, 6) is 0.532. The van der Waals surface area contributed by atoms with Crippen molar-refractivity contribution < 1.29 is 0 Å². The van der Waals surface area contributed by atoms with Gasteiger partial charge >= 0.3 is 0 Å². The van der Waals surface area contributed by atoms with Crippen LogP contribution in [-0.4, -0.2) is 0 Å². The third kappa shape index (κ3) is 3.22. The normalized spacial score (nSPS) is 12.5. The van der Waals surface area contributed by atoms with E-state index in [1.165, 1.54) is 27.9 Å². The molecule has 0 spiro atoms. The summed E-state index contributed by atoms with van der Waals surface area (Å²) < 4.78 is 0. The van der Waals surface area contributed by atoms with Crippen LogP contribution in [0.5, 0.6) is 0 Å². The van der Waals surface area contributed by atoms with Gasteiger partial charge < -0.3 is 5.32 Å². The molecular formula is C19H25N. The molecule has 1 heteroatoms. The molecule has 1 atom stereocenters. The van der Waals surface area contributed by atoms with E-state index in [0.717, 1.165) is 0 Å². The zero-order valence-electron chi connectivity index (χ0n) is 13.2. The van der Waals surface area contributed by atoms with Gasteiger partial charge in [-0.2, -0.15) is 0 Å². The molecule has 0 saturated carbocycles. The molecule has 0 radical (unpaired) electrons. The van der Waals surface area contributed by atoms with Gasteiger partial charge in [0, 0.05) is 11.7 Å². The lowest BCUT2D eigenvalue weighted by molar-refractivity contribution is 0.836. The Morgan fingerprint density at radius 1 is 0.850 bits per heavy atom. The number of para-hydroxylation sites is 1. The molecule has 0 aromatic heterocycles. The van der Waals surface area contributed by atoms with E-state index in [-0.39, 0.29) is 0 Å². The maximum atomic E-state index is 3.68. The van der Waals surface area contributed by atoms with Gasteiger partial charge in [-0.15, -0.1) is 0 Å². The van der Waals surface area contributed by atoms with Gasteiger partial charge in [0.25, 0.3) is 0 Å². The molecular weight excluding hydrogens is 242 g/mol. The fourth-order valence-electron chi connectivity index (χ4n) is 2.67. The third-order valence-corrected chi connectivity index (χ3v) is 3.86. The third-order valence-electron chi connectivity index (χ3n) is 3.86. The maximum Gasteiger partial charge on any atom is 0.0488 e. The maximum absolute atomic E-state index is 3.68. The van der Waals surface area contributed by atoms with Crippen LogP contribution < -0.4 is 5.32 Å². The molecule has 2 aromatic rings. The van der Waals surface area contributed by atoms with E-state index < -0.39 is 0 Å². The van der Waals surface area contributed by atoms with Crippen molar-refractivity contribution in [3.8, 4) is 0 Å². The van der Waals surface area contributed by atoms with Crippen molar-refractivity contribution in [3.63, 3.8) is 0 Å². The summed E-state index contributed by atoms with van der Waals surface area (Å²) in [4.78, 5) is 0. The van der Waals surface area contributed by atoms with E-state index in [1.54, 1.807) is 0 Å². The number of rotatable bonds is 4. The predicted molar refractivity (Wildman–Crippen MR) is 88.5 cm³/mol. The summed E-state index contributed by atoms with van der Waals surface area (Å²) in [6.45, 7) is 11.0. The van der Waals surface area contributed by atoms with Crippen LogP contribution in [0.1, 0.15) is 55.0 Å². The highest BCUT2D eigenvalue weighted by Gasteiger charge is 2.12. The minimum Gasteiger partial charge on any atom is -0.378 e. The molecule has 0 saturated heterocycles. The van der Waals surface area contributed by atoms with Crippen LogP contribution in [0.4, 0.5) is 5.69 Å². The highest BCUT2D eigenvalue weighted by Crippen LogP contribution is 2.28. The summed E-state index contributed by atoms with van der Waals surface area (Å²) in [5, 5.41) is 3.68. The number of hydrogen-bond donors (Lipinski definition) is 1. The van der Waals surface area contributed by atoms with Crippen molar-refractivity contribution in [3.05, 3.63) is 64.7 Å². The van der Waals surface area contributed by atoms with Gasteiger partial charge in [0.15, 0.2) is 0 Å². The first-order chi connectivity index (χ1) is 9.49. The number of nitrogens with one attached hydrogen (secondary N) is 1. The minimum atomic E-state index is 0.315. The van der Waals surface area contributed by atoms with Crippen molar-refractivity contribution in [2.75, 3.05) is 5.32 Å². The van der Waals surface area contributed by atoms with Crippen LogP contribution >= 0.6 is 0 Å². The summed E-state index contributed by atoms with van der Waals surface area (Å²) >= 11 is 0. The standard InChI is InChI=1S/C19H25N/c1-13(2)17-8-6-7-9-19(17)20-16(5)18-12-14(3)10-11-15(18)4/h6-13,16,20H,1-5H3. The highest BCUT2D eigenvalue weighted by atomic mass is 14.9. The van der Waals surface area contributed by atoms with Crippen molar-refractivity contribution in [1.82, 2.24) is 0 Å². The summed E-state index contributed by atoms with van der Waals surface area (Å²) in [6, 6.07) is 15.6. The second-order valence-corrected chi connectivity index (χ2v) is 5.97. The number of aryl methyl sites for hydroxylation is 2. The van der Waals surface area contributed by atoms with Crippen LogP contribution in [0, 0.1) is 13.8 Å². The molecule has 0 amide bonds. The smallest absolute Gasteiger partial charge is 0.0488 e. The second kappa shape index (κ2) is 6.13. The predicted octanol–water partition coefficient (Wildman–Crippen LogP) is 5.60. The van der Waals surface area contributed by atoms with Gasteiger partial charge in [0.1, 0.15) is 0 Å². The number of benzene rings is 2. The first-order valence-corrected chi connectivity index (χ1v) is 7.41. The molecule has 1 N–H and O–H groups in total. The first-order valence-electron chi connectivity index (χ1n) is 7.41. The second-order valence-electron chi connectivity index (χ2n) is 5.97. The zero-order valence-corrected chi connectivity index (χ0v) is 13.2. The van der Waals surface area contributed by atoms with Gasteiger partial charge in [-0.3, -0.25) is 0 Å². The highest BCUT2D eigenvalue weighted by molar-refractivity contribution is 5.54. The molecule has 106 valence electrons. The summed E-state index contributed by atoms with van der Waals surface area (Å²) in [5.41, 5.74) is 6.66. The molecule has 20 heavy (non-hydrogen) atoms. The van der Waals surface area contributed by atoms with Crippen molar-refractivity contribution >= 4 is 5.69 Å². The molecule has 0 fully saturated rings. The Kier molecular flexibility index (Phi) is 4.49. The lowest BCUT2D eigenvalue weighted by Crippen LogP contribution is -2.10. The molecule has 0 heterocycles. The average Bonchev–Trinajstić information content (AvgIpc) is 2.41. The van der Waals surface area contributed by atoms with E-state index in [9.17, 15) is 0 Å². The number of hydrogen-bond acceptors (Lipinski definition) is 1. The average molecular weight is 267 g/mol. The monoisotopic (exact) mass is 267 g/mol. The molecule has 1 unspecified atom stereocenters. The lowest BCUT2D eigenvalue weighted by Gasteiger charge is -2.21. The minimum absolute atomic E-state index is 0.315. The first kappa shape index (κ1) is 14.6. The summed E-state index contributed by atoms with van der Waals surface area (Å²) in [7, 11) is 0. The van der Waals surface area contributed by atoms with Crippen LogP contribution in [0.25, 0.3) is 0 Å². The van der Waals surface area contributed by atoms with E-state index in [0.29, 0.717) is 12.0 Å². The van der Waals surface area contributed by atoms with Crippen LogP contribution in [0.3, 0.4) is 0 Å². The van der Waals surface area contributed by atoms with Crippen molar-refractivity contribution in [2.24, 2.45) is 0 Å². The van der Waals surface area contributed by atoms with E-state index in [4.69, 9.17) is 0 Å². The Morgan fingerprint density at radius 2 is 1.55 bits per heavy atom. The van der Waals surface area contributed by atoms with Crippen LogP contribution in [0.15, 0.2) is 42.5 Å². The Bertz CT molecular complexity index is 584. The van der Waals surface area contributed by atoms with Crippen molar-refractivity contribution in [1.29, 1.82) is 0 Å². The molecule has 0 aliphatic carbocycles. The molecule has 2 rings (SSSR count). The van der Waals surface area contributed by atoms with E-state index >= 15 is 0 Å².